The summed E-state index contributed by atoms with van der Waals surface area (Å²) in [6.07, 6.45) is 0. The van der Waals surface area contributed by atoms with E-state index in [4.69, 9.17) is 4.74 Å². The Kier molecular flexibility index (Phi) is 5.80. The second kappa shape index (κ2) is 8.29. The molecule has 150 valence electrons. The quantitative estimate of drug-likeness (QED) is 0.448. The van der Waals surface area contributed by atoms with Crippen LogP contribution in [0.3, 0.4) is 0 Å². The summed E-state index contributed by atoms with van der Waals surface area (Å²) in [5.74, 6) is -0.800. The summed E-state index contributed by atoms with van der Waals surface area (Å²) < 4.78 is 7.85. The van der Waals surface area contributed by atoms with Gasteiger partial charge in [0.1, 0.15) is 0 Å². The molecule has 0 saturated carbocycles. The van der Waals surface area contributed by atoms with Crippen molar-refractivity contribution in [1.82, 2.24) is 4.57 Å². The Labute approximate surface area is 168 Å². The molecule has 0 bridgehead atoms. The molecule has 11 heteroatoms. The summed E-state index contributed by atoms with van der Waals surface area (Å²) in [7, 11) is 1.56. The van der Waals surface area contributed by atoms with E-state index in [2.05, 4.69) is 4.99 Å². The van der Waals surface area contributed by atoms with E-state index in [1.807, 2.05) is 29.7 Å². The minimum atomic E-state index is -0.800. The van der Waals surface area contributed by atoms with Crippen molar-refractivity contribution in [1.29, 1.82) is 0 Å². The number of carbonyl (C=O) groups is 1. The molecular weight excluding hydrogens is 400 g/mol. The highest BCUT2D eigenvalue weighted by molar-refractivity contribution is 7.16. The van der Waals surface area contributed by atoms with Gasteiger partial charge in [-0.1, -0.05) is 17.4 Å². The molecule has 0 aliphatic carbocycles. The lowest BCUT2D eigenvalue weighted by molar-refractivity contribution is -0.394. The zero-order valence-electron chi connectivity index (χ0n) is 15.5. The smallest absolute Gasteiger partial charge is 0.280 e. The van der Waals surface area contributed by atoms with Crippen molar-refractivity contribution in [3.8, 4) is 0 Å². The van der Waals surface area contributed by atoms with Crippen LogP contribution in [0.5, 0.6) is 0 Å². The van der Waals surface area contributed by atoms with Crippen LogP contribution in [-0.2, 0) is 11.3 Å². The van der Waals surface area contributed by atoms with Crippen molar-refractivity contribution in [3.05, 3.63) is 72.6 Å². The van der Waals surface area contributed by atoms with Gasteiger partial charge in [-0.05, 0) is 24.6 Å². The largest absolute Gasteiger partial charge is 0.383 e. The molecule has 0 fully saturated rings. The summed E-state index contributed by atoms with van der Waals surface area (Å²) in [4.78, 5) is 37.7. The van der Waals surface area contributed by atoms with Crippen molar-refractivity contribution in [3.63, 3.8) is 0 Å². The predicted molar refractivity (Wildman–Crippen MR) is 106 cm³/mol. The minimum Gasteiger partial charge on any atom is -0.383 e. The van der Waals surface area contributed by atoms with Crippen LogP contribution in [0.15, 0.2) is 41.4 Å². The van der Waals surface area contributed by atoms with E-state index in [-0.39, 0.29) is 5.56 Å². The van der Waals surface area contributed by atoms with Gasteiger partial charge in [0.25, 0.3) is 17.3 Å². The SMILES string of the molecule is COCCn1c(=NC(=O)c2cc([N+](=O)[O-])cc([N+](=O)[O-])c2)sc2cc(C)ccc21. The number of fused-ring (bicyclic) bond motifs is 1. The Morgan fingerprint density at radius 3 is 2.38 bits per heavy atom. The van der Waals surface area contributed by atoms with Gasteiger partial charge in [-0.15, -0.1) is 0 Å². The number of carbonyl (C=O) groups excluding carboxylic acids is 1. The molecule has 0 aliphatic rings. The Morgan fingerprint density at radius 2 is 1.79 bits per heavy atom. The fourth-order valence-corrected chi connectivity index (χ4v) is 3.90. The van der Waals surface area contributed by atoms with E-state index in [0.29, 0.717) is 18.0 Å². The first kappa shape index (κ1) is 20.3. The van der Waals surface area contributed by atoms with Gasteiger partial charge in [0, 0.05) is 25.8 Å². The third-order valence-corrected chi connectivity index (χ3v) is 5.17. The molecular formula is C18H16N4O6S. The van der Waals surface area contributed by atoms with E-state index in [1.165, 1.54) is 11.3 Å². The molecule has 1 aromatic heterocycles. The van der Waals surface area contributed by atoms with Crippen LogP contribution < -0.4 is 4.80 Å². The van der Waals surface area contributed by atoms with Crippen LogP contribution in [-0.4, -0.2) is 34.0 Å². The molecule has 0 aliphatic heterocycles. The molecule has 3 rings (SSSR count). The average Bonchev–Trinajstić information content (AvgIpc) is 3.01. The van der Waals surface area contributed by atoms with Crippen LogP contribution in [0.4, 0.5) is 11.4 Å². The number of hydrogen-bond acceptors (Lipinski definition) is 7. The second-order valence-corrected chi connectivity index (χ2v) is 7.18. The molecule has 0 saturated heterocycles. The third kappa shape index (κ3) is 4.36. The first-order valence-electron chi connectivity index (χ1n) is 8.42. The zero-order chi connectivity index (χ0) is 21.1. The van der Waals surface area contributed by atoms with E-state index in [9.17, 15) is 25.0 Å². The van der Waals surface area contributed by atoms with Crippen LogP contribution in [0, 0.1) is 27.2 Å². The van der Waals surface area contributed by atoms with Crippen LogP contribution >= 0.6 is 11.3 Å². The molecule has 2 aromatic carbocycles. The van der Waals surface area contributed by atoms with E-state index < -0.39 is 27.1 Å². The number of non-ortho nitro benzene ring substituents is 2. The van der Waals surface area contributed by atoms with Crippen molar-refractivity contribution >= 4 is 38.8 Å². The van der Waals surface area contributed by atoms with E-state index in [1.54, 1.807) is 7.11 Å². The standard InChI is InChI=1S/C18H16N4O6S/c1-11-3-4-15-16(7-11)29-18(20(15)5-6-28-2)19-17(23)12-8-13(21(24)25)10-14(9-12)22(26)27/h3-4,7-10H,5-6H2,1-2H3. The fraction of sp³-hybridized carbons (Fsp3) is 0.222. The van der Waals surface area contributed by atoms with E-state index >= 15 is 0 Å². The molecule has 0 unspecified atom stereocenters. The molecule has 29 heavy (non-hydrogen) atoms. The number of methoxy groups -OCH3 is 1. The van der Waals surface area contributed by atoms with Gasteiger partial charge in [-0.25, -0.2) is 0 Å². The number of hydrogen-bond donors (Lipinski definition) is 0. The molecule has 1 heterocycles. The Bertz CT molecular complexity index is 1160. The lowest BCUT2D eigenvalue weighted by Gasteiger charge is -2.04. The van der Waals surface area contributed by atoms with Crippen molar-refractivity contribution in [2.45, 2.75) is 13.5 Å². The minimum absolute atomic E-state index is 0.224. The summed E-state index contributed by atoms with van der Waals surface area (Å²) >= 11 is 1.28. The van der Waals surface area contributed by atoms with Crippen LogP contribution in [0.2, 0.25) is 0 Å². The van der Waals surface area contributed by atoms with E-state index in [0.717, 1.165) is 34.0 Å². The van der Waals surface area contributed by atoms with Gasteiger partial charge in [0.2, 0.25) is 0 Å². The highest BCUT2D eigenvalue weighted by atomic mass is 32.1. The third-order valence-electron chi connectivity index (χ3n) is 4.13. The number of nitrogens with zero attached hydrogens (tertiary/aromatic N) is 4. The molecule has 0 spiro atoms. The molecule has 0 radical (unpaired) electrons. The number of benzene rings is 2. The van der Waals surface area contributed by atoms with Crippen molar-refractivity contribution < 1.29 is 19.4 Å². The fourth-order valence-electron chi connectivity index (χ4n) is 2.75. The first-order chi connectivity index (χ1) is 13.8. The summed E-state index contributed by atoms with van der Waals surface area (Å²) in [5, 5.41) is 22.1. The van der Waals surface area contributed by atoms with Crippen molar-refractivity contribution in [2.75, 3.05) is 13.7 Å². The maximum Gasteiger partial charge on any atom is 0.280 e. The lowest BCUT2D eigenvalue weighted by atomic mass is 10.1. The van der Waals surface area contributed by atoms with Crippen molar-refractivity contribution in [2.24, 2.45) is 4.99 Å². The maximum absolute atomic E-state index is 12.7. The number of nitro benzene ring substituents is 2. The number of aryl methyl sites for hydroxylation is 1. The number of amides is 1. The topological polar surface area (TPSA) is 130 Å². The maximum atomic E-state index is 12.7. The molecule has 10 nitrogen and oxygen atoms in total. The molecule has 3 aromatic rings. The van der Waals surface area contributed by atoms with Gasteiger partial charge in [0.15, 0.2) is 4.80 Å². The highest BCUT2D eigenvalue weighted by Crippen LogP contribution is 2.23. The second-order valence-electron chi connectivity index (χ2n) is 6.17. The van der Waals surface area contributed by atoms with Gasteiger partial charge in [0.05, 0.1) is 38.3 Å². The van der Waals surface area contributed by atoms with Crippen LogP contribution in [0.1, 0.15) is 15.9 Å². The molecule has 0 N–H and O–H groups in total. The zero-order valence-corrected chi connectivity index (χ0v) is 16.3. The summed E-state index contributed by atoms with van der Waals surface area (Å²) in [6.45, 7) is 2.78. The van der Waals surface area contributed by atoms with Gasteiger partial charge in [-0.2, -0.15) is 4.99 Å². The van der Waals surface area contributed by atoms with Crippen LogP contribution in [0.25, 0.3) is 10.2 Å². The number of thiazole rings is 1. The average molecular weight is 416 g/mol. The van der Waals surface area contributed by atoms with Gasteiger partial charge >= 0.3 is 0 Å². The Balaban J connectivity index is 2.14. The van der Waals surface area contributed by atoms with Gasteiger partial charge in [-0.3, -0.25) is 25.0 Å². The molecule has 0 atom stereocenters. The Morgan fingerprint density at radius 1 is 1.14 bits per heavy atom. The Hall–Kier alpha value is -3.44. The number of ether oxygens (including phenoxy) is 1. The number of rotatable bonds is 6. The number of nitro groups is 2. The summed E-state index contributed by atoms with van der Waals surface area (Å²) in [5.41, 5.74) is 0.603. The summed E-state index contributed by atoms with van der Waals surface area (Å²) in [6, 6.07) is 8.58. The number of aromatic nitrogens is 1. The lowest BCUT2D eigenvalue weighted by Crippen LogP contribution is -2.19. The first-order valence-corrected chi connectivity index (χ1v) is 9.23. The monoisotopic (exact) mass is 416 g/mol. The predicted octanol–water partition coefficient (Wildman–Crippen LogP) is 3.22. The highest BCUT2D eigenvalue weighted by Gasteiger charge is 2.20. The van der Waals surface area contributed by atoms with Gasteiger partial charge < -0.3 is 9.30 Å². The molecule has 1 amide bonds. The normalized spacial score (nSPS) is 11.7.